The zero-order chi connectivity index (χ0) is 12.8. The smallest absolute Gasteiger partial charge is 0.123 e. The summed E-state index contributed by atoms with van der Waals surface area (Å²) in [5.74, 6) is 0.429. The van der Waals surface area contributed by atoms with Crippen LogP contribution in [-0.4, -0.2) is 18.0 Å². The van der Waals surface area contributed by atoms with Crippen molar-refractivity contribution in [1.82, 2.24) is 4.90 Å². The molecule has 1 aromatic rings. The van der Waals surface area contributed by atoms with Gasteiger partial charge in [-0.1, -0.05) is 26.8 Å². The van der Waals surface area contributed by atoms with Crippen LogP contribution in [0.25, 0.3) is 0 Å². The Morgan fingerprint density at radius 1 is 1.29 bits per heavy atom. The number of rotatable bonds is 6. The van der Waals surface area contributed by atoms with Gasteiger partial charge in [0.05, 0.1) is 0 Å². The Bertz CT molecular complexity index is 350. The van der Waals surface area contributed by atoms with Gasteiger partial charge >= 0.3 is 0 Å². The molecule has 0 bridgehead atoms. The average molecular weight is 238 g/mol. The molecule has 2 nitrogen and oxygen atoms in total. The number of halogens is 1. The van der Waals surface area contributed by atoms with Crippen molar-refractivity contribution in [3.05, 3.63) is 35.1 Å². The molecule has 17 heavy (non-hydrogen) atoms. The molecular weight excluding hydrogens is 215 g/mol. The summed E-state index contributed by atoms with van der Waals surface area (Å²) in [5, 5.41) is 0. The van der Waals surface area contributed by atoms with E-state index in [9.17, 15) is 4.39 Å². The average Bonchev–Trinajstić information content (AvgIpc) is 2.29. The Morgan fingerprint density at radius 2 is 2.00 bits per heavy atom. The summed E-state index contributed by atoms with van der Waals surface area (Å²) in [6, 6.07) is 4.90. The van der Waals surface area contributed by atoms with Crippen LogP contribution in [0.1, 0.15) is 31.9 Å². The summed E-state index contributed by atoms with van der Waals surface area (Å²) in [6.07, 6.45) is 0. The molecule has 0 spiro atoms. The van der Waals surface area contributed by atoms with E-state index in [1.54, 1.807) is 6.07 Å². The van der Waals surface area contributed by atoms with Gasteiger partial charge < -0.3 is 5.73 Å². The minimum Gasteiger partial charge on any atom is -0.326 e. The first-order chi connectivity index (χ1) is 8.06. The van der Waals surface area contributed by atoms with Gasteiger partial charge in [0.1, 0.15) is 5.82 Å². The van der Waals surface area contributed by atoms with Gasteiger partial charge in [-0.15, -0.1) is 0 Å². The molecule has 0 saturated carbocycles. The molecular formula is C14H23FN2. The number of hydrogen-bond acceptors (Lipinski definition) is 2. The van der Waals surface area contributed by atoms with E-state index < -0.39 is 0 Å². The summed E-state index contributed by atoms with van der Waals surface area (Å²) >= 11 is 0. The fraction of sp³-hybridized carbons (Fsp3) is 0.571. The van der Waals surface area contributed by atoms with Crippen LogP contribution in [0.4, 0.5) is 4.39 Å². The zero-order valence-corrected chi connectivity index (χ0v) is 11.0. The van der Waals surface area contributed by atoms with Crippen molar-refractivity contribution in [3.63, 3.8) is 0 Å². The highest BCUT2D eigenvalue weighted by molar-refractivity contribution is 5.27. The van der Waals surface area contributed by atoms with Gasteiger partial charge in [0.25, 0.3) is 0 Å². The van der Waals surface area contributed by atoms with Crippen LogP contribution < -0.4 is 5.73 Å². The maximum Gasteiger partial charge on any atom is 0.123 e. The first-order valence-electron chi connectivity index (χ1n) is 6.26. The van der Waals surface area contributed by atoms with E-state index in [0.717, 1.165) is 30.8 Å². The molecule has 0 aliphatic rings. The lowest BCUT2D eigenvalue weighted by Gasteiger charge is -2.23. The second-order valence-corrected chi connectivity index (χ2v) is 4.84. The second kappa shape index (κ2) is 6.72. The van der Waals surface area contributed by atoms with Gasteiger partial charge in [-0.2, -0.15) is 0 Å². The molecule has 0 aliphatic heterocycles. The highest BCUT2D eigenvalue weighted by Crippen LogP contribution is 2.14. The summed E-state index contributed by atoms with van der Waals surface area (Å²) in [4.78, 5) is 2.36. The molecule has 0 heterocycles. The van der Waals surface area contributed by atoms with E-state index in [1.807, 2.05) is 6.07 Å². The number of nitrogens with two attached hydrogens (primary N) is 1. The summed E-state index contributed by atoms with van der Waals surface area (Å²) in [6.45, 7) is 9.85. The van der Waals surface area contributed by atoms with E-state index >= 15 is 0 Å². The lowest BCUT2D eigenvalue weighted by molar-refractivity contribution is 0.247. The molecule has 0 atom stereocenters. The molecule has 0 unspecified atom stereocenters. The number of benzene rings is 1. The van der Waals surface area contributed by atoms with Crippen LogP contribution >= 0.6 is 0 Å². The normalized spacial score (nSPS) is 11.5. The van der Waals surface area contributed by atoms with Gasteiger partial charge in [0, 0.05) is 19.6 Å². The first-order valence-corrected chi connectivity index (χ1v) is 6.26. The van der Waals surface area contributed by atoms with E-state index in [4.69, 9.17) is 5.73 Å². The third-order valence-electron chi connectivity index (χ3n) is 2.85. The van der Waals surface area contributed by atoms with Crippen LogP contribution in [0, 0.1) is 11.7 Å². The Balaban J connectivity index is 2.78. The van der Waals surface area contributed by atoms with E-state index in [-0.39, 0.29) is 5.82 Å². The Kier molecular flexibility index (Phi) is 5.59. The Hall–Kier alpha value is -0.930. The van der Waals surface area contributed by atoms with Crippen molar-refractivity contribution in [2.45, 2.75) is 33.9 Å². The second-order valence-electron chi connectivity index (χ2n) is 4.84. The lowest BCUT2D eigenvalue weighted by atomic mass is 10.1. The monoisotopic (exact) mass is 238 g/mol. The van der Waals surface area contributed by atoms with Gasteiger partial charge in [0.15, 0.2) is 0 Å². The molecule has 0 aliphatic carbocycles. The highest BCUT2D eigenvalue weighted by Gasteiger charge is 2.09. The molecule has 0 fully saturated rings. The summed E-state index contributed by atoms with van der Waals surface area (Å²) in [5.41, 5.74) is 7.70. The number of nitrogens with zero attached hydrogens (tertiary/aromatic N) is 1. The summed E-state index contributed by atoms with van der Waals surface area (Å²) in [7, 11) is 0. The fourth-order valence-electron chi connectivity index (χ4n) is 2.00. The minimum absolute atomic E-state index is 0.207. The van der Waals surface area contributed by atoms with Crippen LogP contribution in [0.3, 0.4) is 0 Å². The lowest BCUT2D eigenvalue weighted by Crippen LogP contribution is -2.27. The molecule has 0 aromatic heterocycles. The van der Waals surface area contributed by atoms with Crippen molar-refractivity contribution in [3.8, 4) is 0 Å². The zero-order valence-electron chi connectivity index (χ0n) is 11.0. The van der Waals surface area contributed by atoms with Crippen molar-refractivity contribution >= 4 is 0 Å². The van der Waals surface area contributed by atoms with Crippen LogP contribution in [0.15, 0.2) is 18.2 Å². The maximum atomic E-state index is 13.1. The van der Waals surface area contributed by atoms with E-state index in [0.29, 0.717) is 12.5 Å². The molecule has 0 amide bonds. The third kappa shape index (κ3) is 4.44. The van der Waals surface area contributed by atoms with Crippen LogP contribution in [0.2, 0.25) is 0 Å². The van der Waals surface area contributed by atoms with Gasteiger partial charge in [0.2, 0.25) is 0 Å². The minimum atomic E-state index is -0.207. The standard InChI is InChI=1S/C14H23FN2/c1-4-17(9-11(2)3)10-12-5-6-14(15)7-13(12)8-16/h5-7,11H,4,8-10,16H2,1-3H3. The molecule has 0 saturated heterocycles. The van der Waals surface area contributed by atoms with Crippen LogP contribution in [0.5, 0.6) is 0 Å². The maximum absolute atomic E-state index is 13.1. The highest BCUT2D eigenvalue weighted by atomic mass is 19.1. The van der Waals surface area contributed by atoms with Gasteiger partial charge in [-0.3, -0.25) is 4.90 Å². The molecule has 1 aromatic carbocycles. The Morgan fingerprint density at radius 3 is 2.53 bits per heavy atom. The predicted octanol–water partition coefficient (Wildman–Crippen LogP) is 2.76. The largest absolute Gasteiger partial charge is 0.326 e. The molecule has 0 radical (unpaired) electrons. The topological polar surface area (TPSA) is 29.3 Å². The third-order valence-corrected chi connectivity index (χ3v) is 2.85. The van der Waals surface area contributed by atoms with Crippen molar-refractivity contribution in [2.75, 3.05) is 13.1 Å². The molecule has 96 valence electrons. The molecule has 1 rings (SSSR count). The SMILES string of the molecule is CCN(Cc1ccc(F)cc1CN)CC(C)C. The van der Waals surface area contributed by atoms with Crippen molar-refractivity contribution in [1.29, 1.82) is 0 Å². The van der Waals surface area contributed by atoms with Crippen molar-refractivity contribution in [2.24, 2.45) is 11.7 Å². The van der Waals surface area contributed by atoms with Gasteiger partial charge in [-0.25, -0.2) is 4.39 Å². The molecule has 3 heteroatoms. The Labute approximate surface area is 104 Å². The molecule has 2 N–H and O–H groups in total. The first kappa shape index (κ1) is 14.1. The van der Waals surface area contributed by atoms with E-state index in [1.165, 1.54) is 6.07 Å². The quantitative estimate of drug-likeness (QED) is 0.825. The predicted molar refractivity (Wildman–Crippen MR) is 70.1 cm³/mol. The fourth-order valence-corrected chi connectivity index (χ4v) is 2.00. The summed E-state index contributed by atoms with van der Waals surface area (Å²) < 4.78 is 13.1. The van der Waals surface area contributed by atoms with Crippen LogP contribution in [-0.2, 0) is 13.1 Å². The van der Waals surface area contributed by atoms with E-state index in [2.05, 4.69) is 25.7 Å². The van der Waals surface area contributed by atoms with Crippen molar-refractivity contribution < 1.29 is 4.39 Å². The van der Waals surface area contributed by atoms with Gasteiger partial charge in [-0.05, 0) is 35.7 Å². The number of hydrogen-bond donors (Lipinski definition) is 1.